The Morgan fingerprint density at radius 2 is 1.76 bits per heavy atom. The van der Waals surface area contributed by atoms with Gasteiger partial charge in [0.2, 0.25) is 5.91 Å². The minimum atomic E-state index is -0.404. The Bertz CT molecular complexity index is 1160. The minimum Gasteiger partial charge on any atom is -0.379 e. The van der Waals surface area contributed by atoms with E-state index in [9.17, 15) is 14.0 Å². The van der Waals surface area contributed by atoms with Gasteiger partial charge in [-0.2, -0.15) is 5.10 Å². The van der Waals surface area contributed by atoms with E-state index in [1.54, 1.807) is 23.1 Å². The van der Waals surface area contributed by atoms with Crippen LogP contribution in [0.3, 0.4) is 0 Å². The molecular formula is C29H34ClFN4O3. The smallest absolute Gasteiger partial charge is 0.262 e. The zero-order valence-electron chi connectivity index (χ0n) is 21.5. The summed E-state index contributed by atoms with van der Waals surface area (Å²) in [6.07, 6.45) is 4.30. The van der Waals surface area contributed by atoms with E-state index >= 15 is 0 Å². The Balaban J connectivity index is 1.38. The summed E-state index contributed by atoms with van der Waals surface area (Å²) < 4.78 is 19.0. The van der Waals surface area contributed by atoms with E-state index in [0.29, 0.717) is 43.5 Å². The van der Waals surface area contributed by atoms with Crippen LogP contribution >= 0.6 is 11.6 Å². The fourth-order valence-electron chi connectivity index (χ4n) is 5.57. The maximum Gasteiger partial charge on any atom is 0.262 e. The van der Waals surface area contributed by atoms with Crippen LogP contribution in [0.5, 0.6) is 0 Å². The summed E-state index contributed by atoms with van der Waals surface area (Å²) in [4.78, 5) is 31.4. The molecule has 0 spiro atoms. The molecule has 3 aliphatic rings. The number of hydrazone groups is 1. The molecule has 1 aliphatic carbocycles. The number of amides is 2. The second kappa shape index (κ2) is 12.4. The molecule has 2 aromatic rings. The number of morpholine rings is 1. The van der Waals surface area contributed by atoms with Crippen LogP contribution in [0.2, 0.25) is 5.02 Å². The average Bonchev–Trinajstić information content (AvgIpc) is 3.63. The van der Waals surface area contributed by atoms with E-state index in [1.807, 2.05) is 18.2 Å². The third-order valence-corrected chi connectivity index (χ3v) is 8.08. The minimum absolute atomic E-state index is 0.0243. The number of hydrogen-bond acceptors (Lipinski definition) is 5. The molecule has 1 saturated heterocycles. The van der Waals surface area contributed by atoms with Crippen molar-refractivity contribution in [2.24, 2.45) is 11.0 Å². The summed E-state index contributed by atoms with van der Waals surface area (Å²) in [5.74, 6) is -0.548. The summed E-state index contributed by atoms with van der Waals surface area (Å²) in [7, 11) is 0. The van der Waals surface area contributed by atoms with Gasteiger partial charge in [-0.05, 0) is 42.2 Å². The number of carbonyl (C=O) groups excluding carboxylic acids is 2. The van der Waals surface area contributed by atoms with Crippen molar-refractivity contribution in [2.45, 2.75) is 38.1 Å². The standard InChI is InChI=1S/C29H34ClFN4O3/c30-25-8-4-3-7-24(25)27-19-26(21-9-11-23(31)12-10-21)32-35(27)28(36)20-34(29(37)22-5-1-2-6-22)14-13-33-15-17-38-18-16-33/h3-4,7-12,22,27H,1-2,5-6,13-20H2. The van der Waals surface area contributed by atoms with E-state index in [1.165, 1.54) is 17.1 Å². The van der Waals surface area contributed by atoms with Crippen molar-refractivity contribution in [1.82, 2.24) is 14.8 Å². The van der Waals surface area contributed by atoms with Gasteiger partial charge in [-0.25, -0.2) is 9.40 Å². The van der Waals surface area contributed by atoms with Crippen molar-refractivity contribution in [3.05, 3.63) is 70.5 Å². The largest absolute Gasteiger partial charge is 0.379 e. The van der Waals surface area contributed by atoms with Crippen LogP contribution in [-0.4, -0.2) is 78.3 Å². The lowest BCUT2D eigenvalue weighted by Crippen LogP contribution is -2.48. The summed E-state index contributed by atoms with van der Waals surface area (Å²) in [6.45, 7) is 4.17. The lowest BCUT2D eigenvalue weighted by molar-refractivity contribution is -0.144. The lowest BCUT2D eigenvalue weighted by Gasteiger charge is -2.32. The van der Waals surface area contributed by atoms with Gasteiger partial charge in [0.1, 0.15) is 12.4 Å². The number of carbonyl (C=O) groups is 2. The number of halogens is 2. The molecule has 9 heteroatoms. The van der Waals surface area contributed by atoms with Gasteiger partial charge in [0.15, 0.2) is 0 Å². The molecule has 1 saturated carbocycles. The molecule has 0 bridgehead atoms. The quantitative estimate of drug-likeness (QED) is 0.494. The first kappa shape index (κ1) is 26.8. The molecule has 0 radical (unpaired) electrons. The molecule has 202 valence electrons. The fraction of sp³-hybridized carbons (Fsp3) is 0.483. The summed E-state index contributed by atoms with van der Waals surface area (Å²) in [6, 6.07) is 13.2. The molecule has 0 N–H and O–H groups in total. The molecule has 7 nitrogen and oxygen atoms in total. The predicted molar refractivity (Wildman–Crippen MR) is 144 cm³/mol. The molecule has 2 fully saturated rings. The third-order valence-electron chi connectivity index (χ3n) is 7.74. The Hall–Kier alpha value is -2.81. The highest BCUT2D eigenvalue weighted by Gasteiger charge is 2.36. The van der Waals surface area contributed by atoms with Gasteiger partial charge in [0.25, 0.3) is 5.91 Å². The molecule has 1 unspecified atom stereocenters. The molecule has 2 aromatic carbocycles. The number of benzene rings is 2. The van der Waals surface area contributed by atoms with E-state index in [4.69, 9.17) is 21.4 Å². The SMILES string of the molecule is O=C(C1CCCC1)N(CCN1CCOCC1)CC(=O)N1N=C(c2ccc(F)cc2)CC1c1ccccc1Cl. The first-order valence-electron chi connectivity index (χ1n) is 13.5. The Morgan fingerprint density at radius 3 is 2.47 bits per heavy atom. The highest BCUT2D eigenvalue weighted by molar-refractivity contribution is 6.31. The highest BCUT2D eigenvalue weighted by Crippen LogP contribution is 2.36. The van der Waals surface area contributed by atoms with Gasteiger partial charge >= 0.3 is 0 Å². The second-order valence-corrected chi connectivity index (χ2v) is 10.6. The number of nitrogens with zero attached hydrogens (tertiary/aromatic N) is 4. The van der Waals surface area contributed by atoms with Crippen molar-refractivity contribution < 1.29 is 18.7 Å². The first-order chi connectivity index (χ1) is 18.5. The summed E-state index contributed by atoms with van der Waals surface area (Å²) in [5, 5.41) is 6.73. The number of ether oxygens (including phenoxy) is 1. The predicted octanol–water partition coefficient (Wildman–Crippen LogP) is 4.51. The lowest BCUT2D eigenvalue weighted by atomic mass is 9.98. The normalized spacial score (nSPS) is 20.5. The zero-order chi connectivity index (χ0) is 26.5. The van der Waals surface area contributed by atoms with Crippen molar-refractivity contribution >= 4 is 29.1 Å². The van der Waals surface area contributed by atoms with Crippen LogP contribution < -0.4 is 0 Å². The van der Waals surface area contributed by atoms with Crippen molar-refractivity contribution in [3.63, 3.8) is 0 Å². The highest BCUT2D eigenvalue weighted by atomic mass is 35.5. The average molecular weight is 541 g/mol. The van der Waals surface area contributed by atoms with Crippen LogP contribution in [0.4, 0.5) is 4.39 Å². The van der Waals surface area contributed by atoms with Crippen LogP contribution in [0, 0.1) is 11.7 Å². The third kappa shape index (κ3) is 6.25. The van der Waals surface area contributed by atoms with Gasteiger partial charge < -0.3 is 9.64 Å². The number of hydrogen-bond donors (Lipinski definition) is 0. The van der Waals surface area contributed by atoms with Crippen LogP contribution in [0.25, 0.3) is 0 Å². The Kier molecular flexibility index (Phi) is 8.72. The Labute approximate surface area is 228 Å². The fourth-order valence-corrected chi connectivity index (χ4v) is 5.83. The van der Waals surface area contributed by atoms with Gasteiger partial charge in [0, 0.05) is 43.5 Å². The molecule has 2 heterocycles. The van der Waals surface area contributed by atoms with Crippen molar-refractivity contribution in [1.29, 1.82) is 0 Å². The van der Waals surface area contributed by atoms with E-state index in [2.05, 4.69) is 4.90 Å². The molecule has 38 heavy (non-hydrogen) atoms. The van der Waals surface area contributed by atoms with Gasteiger partial charge in [0.05, 0.1) is 25.0 Å². The Morgan fingerprint density at radius 1 is 1.05 bits per heavy atom. The maximum atomic E-state index is 13.8. The molecule has 2 amide bonds. The van der Waals surface area contributed by atoms with Gasteiger partial charge in [-0.3, -0.25) is 14.5 Å². The second-order valence-electron chi connectivity index (χ2n) is 10.2. The summed E-state index contributed by atoms with van der Waals surface area (Å²) in [5.41, 5.74) is 2.24. The topological polar surface area (TPSA) is 65.5 Å². The molecule has 0 aromatic heterocycles. The molecule has 5 rings (SSSR count). The molecular weight excluding hydrogens is 507 g/mol. The number of rotatable bonds is 8. The van der Waals surface area contributed by atoms with E-state index in [0.717, 1.165) is 49.9 Å². The van der Waals surface area contributed by atoms with Crippen LogP contribution in [0.15, 0.2) is 53.6 Å². The van der Waals surface area contributed by atoms with Gasteiger partial charge in [-0.1, -0.05) is 54.8 Å². The summed E-state index contributed by atoms with van der Waals surface area (Å²) >= 11 is 6.55. The van der Waals surface area contributed by atoms with Crippen molar-refractivity contribution in [3.8, 4) is 0 Å². The molecule has 2 aliphatic heterocycles. The monoisotopic (exact) mass is 540 g/mol. The first-order valence-corrected chi connectivity index (χ1v) is 13.9. The maximum absolute atomic E-state index is 13.8. The van der Waals surface area contributed by atoms with E-state index in [-0.39, 0.29) is 30.1 Å². The van der Waals surface area contributed by atoms with Gasteiger partial charge in [-0.15, -0.1) is 0 Å². The zero-order valence-corrected chi connectivity index (χ0v) is 22.3. The van der Waals surface area contributed by atoms with Crippen LogP contribution in [-0.2, 0) is 14.3 Å². The van der Waals surface area contributed by atoms with E-state index < -0.39 is 6.04 Å². The van der Waals surface area contributed by atoms with Crippen molar-refractivity contribution in [2.75, 3.05) is 45.9 Å². The molecule has 1 atom stereocenters. The van der Waals surface area contributed by atoms with Crippen LogP contribution in [0.1, 0.15) is 49.3 Å².